The number of carboxylic acids is 1. The van der Waals surface area contributed by atoms with Crippen LogP contribution < -0.4 is 4.90 Å². The largest absolute Gasteiger partial charge is 0.477 e. The van der Waals surface area contributed by atoms with Crippen molar-refractivity contribution in [2.24, 2.45) is 0 Å². The van der Waals surface area contributed by atoms with E-state index in [1.807, 2.05) is 18.2 Å². The number of rotatable bonds is 2. The molecule has 2 heterocycles. The van der Waals surface area contributed by atoms with Crippen molar-refractivity contribution in [3.8, 4) is 0 Å². The molecule has 1 aromatic carbocycles. The van der Waals surface area contributed by atoms with Crippen molar-refractivity contribution in [2.75, 3.05) is 18.0 Å². The molecule has 1 aliphatic rings. The Hall–Kier alpha value is -1.81. The van der Waals surface area contributed by atoms with E-state index in [0.29, 0.717) is 10.5 Å². The Balaban J connectivity index is 2.10. The van der Waals surface area contributed by atoms with Gasteiger partial charge in [0.15, 0.2) is 0 Å². The quantitative estimate of drug-likeness (QED) is 0.915. The maximum absolute atomic E-state index is 10.9. The Kier molecular flexibility index (Phi) is 3.03. The highest BCUT2D eigenvalue weighted by Crippen LogP contribution is 2.29. The molecule has 5 heteroatoms. The summed E-state index contributed by atoms with van der Waals surface area (Å²) in [7, 11) is 0. The van der Waals surface area contributed by atoms with E-state index in [-0.39, 0.29) is 5.69 Å². The SMILES string of the molecule is O=C(O)c1cc(Cl)c2cc(N3CCCC3)ccc2n1. The Morgan fingerprint density at radius 2 is 2.00 bits per heavy atom. The molecule has 0 atom stereocenters. The van der Waals surface area contributed by atoms with Crippen LogP contribution in [-0.2, 0) is 0 Å². The second-order valence-corrected chi connectivity index (χ2v) is 5.10. The Morgan fingerprint density at radius 1 is 1.26 bits per heavy atom. The van der Waals surface area contributed by atoms with Gasteiger partial charge < -0.3 is 10.0 Å². The lowest BCUT2D eigenvalue weighted by Gasteiger charge is -2.18. The lowest BCUT2D eigenvalue weighted by atomic mass is 10.1. The van der Waals surface area contributed by atoms with Gasteiger partial charge in [-0.25, -0.2) is 9.78 Å². The van der Waals surface area contributed by atoms with E-state index in [1.54, 1.807) is 0 Å². The minimum absolute atomic E-state index is 0.0218. The van der Waals surface area contributed by atoms with Crippen molar-refractivity contribution in [1.82, 2.24) is 4.98 Å². The summed E-state index contributed by atoms with van der Waals surface area (Å²) in [6.07, 6.45) is 2.42. The van der Waals surface area contributed by atoms with Crippen molar-refractivity contribution in [3.63, 3.8) is 0 Å². The minimum Gasteiger partial charge on any atom is -0.477 e. The number of nitrogens with zero attached hydrogens (tertiary/aromatic N) is 2. The number of aromatic nitrogens is 1. The second kappa shape index (κ2) is 4.70. The zero-order valence-electron chi connectivity index (χ0n) is 10.3. The molecule has 19 heavy (non-hydrogen) atoms. The average molecular weight is 277 g/mol. The molecular formula is C14H13ClN2O2. The molecule has 1 aliphatic heterocycles. The van der Waals surface area contributed by atoms with Gasteiger partial charge in [0.25, 0.3) is 0 Å². The Bertz CT molecular complexity index is 651. The molecule has 3 rings (SSSR count). The first-order valence-electron chi connectivity index (χ1n) is 6.24. The van der Waals surface area contributed by atoms with Crippen molar-refractivity contribution in [2.45, 2.75) is 12.8 Å². The highest BCUT2D eigenvalue weighted by atomic mass is 35.5. The summed E-state index contributed by atoms with van der Waals surface area (Å²) in [5.41, 5.74) is 1.72. The summed E-state index contributed by atoms with van der Waals surface area (Å²) in [6, 6.07) is 7.20. The van der Waals surface area contributed by atoms with Crippen LogP contribution in [0.2, 0.25) is 5.02 Å². The second-order valence-electron chi connectivity index (χ2n) is 4.69. The lowest BCUT2D eigenvalue weighted by Crippen LogP contribution is -2.17. The summed E-state index contributed by atoms with van der Waals surface area (Å²) in [4.78, 5) is 17.4. The van der Waals surface area contributed by atoms with E-state index in [9.17, 15) is 4.79 Å². The van der Waals surface area contributed by atoms with E-state index >= 15 is 0 Å². The predicted octanol–water partition coefficient (Wildman–Crippen LogP) is 3.19. The van der Waals surface area contributed by atoms with Gasteiger partial charge in [-0.2, -0.15) is 0 Å². The number of hydrogen-bond acceptors (Lipinski definition) is 3. The van der Waals surface area contributed by atoms with Crippen LogP contribution in [0.4, 0.5) is 5.69 Å². The number of carboxylic acid groups (broad SMARTS) is 1. The molecule has 0 amide bonds. The van der Waals surface area contributed by atoms with Crippen molar-refractivity contribution < 1.29 is 9.90 Å². The molecule has 2 aromatic rings. The monoisotopic (exact) mass is 276 g/mol. The van der Waals surface area contributed by atoms with Gasteiger partial charge in [-0.15, -0.1) is 0 Å². The molecule has 1 fully saturated rings. The number of carbonyl (C=O) groups is 1. The van der Waals surface area contributed by atoms with Crippen LogP contribution in [0.1, 0.15) is 23.3 Å². The fourth-order valence-corrected chi connectivity index (χ4v) is 2.71. The number of aromatic carboxylic acids is 1. The van der Waals surface area contributed by atoms with Gasteiger partial charge >= 0.3 is 5.97 Å². The first-order valence-corrected chi connectivity index (χ1v) is 6.61. The molecule has 1 aromatic heterocycles. The molecule has 4 nitrogen and oxygen atoms in total. The first kappa shape index (κ1) is 12.2. The number of halogens is 1. The number of fused-ring (bicyclic) bond motifs is 1. The molecule has 1 saturated heterocycles. The molecule has 98 valence electrons. The third-order valence-corrected chi connectivity index (χ3v) is 3.74. The van der Waals surface area contributed by atoms with Crippen LogP contribution in [0.3, 0.4) is 0 Å². The molecule has 0 bridgehead atoms. The van der Waals surface area contributed by atoms with Gasteiger partial charge in [-0.3, -0.25) is 0 Å². The van der Waals surface area contributed by atoms with Crippen LogP contribution >= 0.6 is 11.6 Å². The van der Waals surface area contributed by atoms with Gasteiger partial charge in [-0.1, -0.05) is 11.6 Å². The number of pyridine rings is 1. The zero-order chi connectivity index (χ0) is 13.4. The van der Waals surface area contributed by atoms with Crippen molar-refractivity contribution in [3.05, 3.63) is 35.0 Å². The van der Waals surface area contributed by atoms with Gasteiger partial charge in [-0.05, 0) is 37.1 Å². The van der Waals surface area contributed by atoms with Crippen LogP contribution in [-0.4, -0.2) is 29.1 Å². The predicted molar refractivity (Wildman–Crippen MR) is 75.2 cm³/mol. The maximum atomic E-state index is 10.9. The summed E-state index contributed by atoms with van der Waals surface area (Å²) < 4.78 is 0. The zero-order valence-corrected chi connectivity index (χ0v) is 11.0. The van der Waals surface area contributed by atoms with Crippen LogP contribution in [0, 0.1) is 0 Å². The summed E-state index contributed by atoms with van der Waals surface area (Å²) in [5.74, 6) is -1.06. The van der Waals surface area contributed by atoms with Gasteiger partial charge in [0.1, 0.15) is 5.69 Å². The fourth-order valence-electron chi connectivity index (χ4n) is 2.45. The number of hydrogen-bond donors (Lipinski definition) is 1. The molecule has 0 radical (unpaired) electrons. The molecule has 1 N–H and O–H groups in total. The van der Waals surface area contributed by atoms with Gasteiger partial charge in [0.2, 0.25) is 0 Å². The highest BCUT2D eigenvalue weighted by molar-refractivity contribution is 6.35. The van der Waals surface area contributed by atoms with E-state index in [4.69, 9.17) is 16.7 Å². The summed E-state index contributed by atoms with van der Waals surface area (Å²) in [5, 5.41) is 10.2. The average Bonchev–Trinajstić information content (AvgIpc) is 2.92. The Morgan fingerprint density at radius 3 is 2.68 bits per heavy atom. The summed E-state index contributed by atoms with van der Waals surface area (Å²) >= 11 is 6.16. The van der Waals surface area contributed by atoms with Gasteiger partial charge in [0, 0.05) is 24.2 Å². The van der Waals surface area contributed by atoms with Gasteiger partial charge in [0.05, 0.1) is 10.5 Å². The van der Waals surface area contributed by atoms with E-state index in [0.717, 1.165) is 24.2 Å². The molecule has 0 saturated carbocycles. The summed E-state index contributed by atoms with van der Waals surface area (Å²) in [6.45, 7) is 2.12. The maximum Gasteiger partial charge on any atom is 0.354 e. The molecule has 0 unspecified atom stereocenters. The number of anilines is 1. The van der Waals surface area contributed by atoms with Crippen molar-refractivity contribution in [1.29, 1.82) is 0 Å². The normalized spacial score (nSPS) is 15.1. The van der Waals surface area contributed by atoms with Crippen LogP contribution in [0.15, 0.2) is 24.3 Å². The third kappa shape index (κ3) is 2.24. The number of benzene rings is 1. The highest BCUT2D eigenvalue weighted by Gasteiger charge is 2.15. The smallest absolute Gasteiger partial charge is 0.354 e. The van der Waals surface area contributed by atoms with Crippen LogP contribution in [0.5, 0.6) is 0 Å². The molecular weight excluding hydrogens is 264 g/mol. The topological polar surface area (TPSA) is 53.4 Å². The minimum atomic E-state index is -1.06. The third-order valence-electron chi connectivity index (χ3n) is 3.43. The standard InChI is InChI=1S/C14H13ClN2O2/c15-11-8-13(14(18)19)16-12-4-3-9(7-10(11)12)17-5-1-2-6-17/h3-4,7-8H,1-2,5-6H2,(H,18,19). The first-order chi connectivity index (χ1) is 9.15. The Labute approximate surface area is 115 Å². The molecule has 0 spiro atoms. The van der Waals surface area contributed by atoms with Crippen LogP contribution in [0.25, 0.3) is 10.9 Å². The fraction of sp³-hybridized carbons (Fsp3) is 0.286. The van der Waals surface area contributed by atoms with E-state index < -0.39 is 5.97 Å². The lowest BCUT2D eigenvalue weighted by molar-refractivity contribution is 0.0691. The van der Waals surface area contributed by atoms with Crippen molar-refractivity contribution >= 4 is 34.2 Å². The molecule has 0 aliphatic carbocycles. The van der Waals surface area contributed by atoms with E-state index in [1.165, 1.54) is 18.9 Å². The van der Waals surface area contributed by atoms with E-state index in [2.05, 4.69) is 9.88 Å².